The zero-order valence-electron chi connectivity index (χ0n) is 22.9. The standard InChI is InChI=1S/C28H29BFN5O5/c1-27(2)28(3,4)40-29(39-27)14-6-7-15-21(10-14)38-26-23(15)35(8-9-37-26)25(36)16-11-17-20(12-19(16)30)33-24(31)18-13-32-34(5)22(17)18/h6-7,10-13,23,26H,8-9H2,1-5H3,(H2,31,33)/t23-,26+/m1/s1. The third-order valence-electron chi connectivity index (χ3n) is 8.62. The van der Waals surface area contributed by atoms with Crippen molar-refractivity contribution in [1.82, 2.24) is 19.7 Å². The zero-order chi connectivity index (χ0) is 28.1. The van der Waals surface area contributed by atoms with Gasteiger partial charge in [-0.15, -0.1) is 0 Å². The second-order valence-electron chi connectivity index (χ2n) is 11.6. The number of carbonyl (C=O) groups excluding carboxylic acids is 1. The minimum absolute atomic E-state index is 0.0653. The van der Waals surface area contributed by atoms with Crippen LogP contribution in [0.25, 0.3) is 21.8 Å². The average Bonchev–Trinajstić information content (AvgIpc) is 3.54. The Labute approximate surface area is 230 Å². The van der Waals surface area contributed by atoms with Crippen LogP contribution in [0.4, 0.5) is 10.2 Å². The molecule has 0 saturated carbocycles. The highest BCUT2D eigenvalue weighted by molar-refractivity contribution is 6.62. The van der Waals surface area contributed by atoms with Crippen molar-refractivity contribution in [3.63, 3.8) is 0 Å². The summed E-state index contributed by atoms with van der Waals surface area (Å²) in [5.74, 6) is -0.303. The molecule has 0 bridgehead atoms. The molecule has 0 radical (unpaired) electrons. The van der Waals surface area contributed by atoms with Crippen molar-refractivity contribution in [2.24, 2.45) is 7.05 Å². The second kappa shape index (κ2) is 8.39. The first kappa shape index (κ1) is 25.2. The molecule has 2 atom stereocenters. The number of amides is 1. The van der Waals surface area contributed by atoms with E-state index in [4.69, 9.17) is 24.5 Å². The molecule has 3 aliphatic heterocycles. The van der Waals surface area contributed by atoms with Crippen LogP contribution in [0.2, 0.25) is 0 Å². The Bertz CT molecular complexity index is 1710. The minimum Gasteiger partial charge on any atom is -0.462 e. The summed E-state index contributed by atoms with van der Waals surface area (Å²) in [6.07, 6.45) is 0.897. The summed E-state index contributed by atoms with van der Waals surface area (Å²) in [5.41, 5.74) is 7.67. The van der Waals surface area contributed by atoms with Crippen LogP contribution in [0.5, 0.6) is 5.75 Å². The van der Waals surface area contributed by atoms with Crippen LogP contribution in [0.3, 0.4) is 0 Å². The van der Waals surface area contributed by atoms with E-state index in [-0.39, 0.29) is 24.5 Å². The van der Waals surface area contributed by atoms with Crippen LogP contribution in [-0.4, -0.2) is 63.3 Å². The fourth-order valence-corrected chi connectivity index (χ4v) is 5.73. The first-order chi connectivity index (χ1) is 18.9. The fraction of sp³-hybridized carbons (Fsp3) is 0.393. The van der Waals surface area contributed by atoms with Gasteiger partial charge in [-0.1, -0.05) is 12.1 Å². The van der Waals surface area contributed by atoms with E-state index >= 15 is 4.39 Å². The highest BCUT2D eigenvalue weighted by Gasteiger charge is 2.52. The lowest BCUT2D eigenvalue weighted by molar-refractivity contribution is -0.140. The molecule has 4 aromatic rings. The van der Waals surface area contributed by atoms with E-state index in [0.717, 1.165) is 11.0 Å². The van der Waals surface area contributed by atoms with Gasteiger partial charge in [0.1, 0.15) is 23.4 Å². The molecule has 2 aromatic heterocycles. The number of morpholine rings is 1. The summed E-state index contributed by atoms with van der Waals surface area (Å²) in [6.45, 7) is 8.53. The zero-order valence-corrected chi connectivity index (χ0v) is 22.9. The van der Waals surface area contributed by atoms with Crippen molar-refractivity contribution in [1.29, 1.82) is 0 Å². The smallest absolute Gasteiger partial charge is 0.462 e. The van der Waals surface area contributed by atoms with Gasteiger partial charge in [0.2, 0.25) is 6.29 Å². The van der Waals surface area contributed by atoms with Crippen LogP contribution in [0, 0.1) is 5.82 Å². The molecule has 7 rings (SSSR count). The number of rotatable bonds is 2. The largest absolute Gasteiger partial charge is 0.494 e. The molecular formula is C28H29BFN5O5. The van der Waals surface area contributed by atoms with Gasteiger partial charge in [0.05, 0.1) is 46.0 Å². The van der Waals surface area contributed by atoms with Gasteiger partial charge < -0.3 is 29.4 Å². The Balaban J connectivity index is 1.25. The summed E-state index contributed by atoms with van der Waals surface area (Å²) in [5, 5.41) is 5.50. The van der Waals surface area contributed by atoms with E-state index < -0.39 is 42.4 Å². The number of halogens is 1. The number of benzene rings is 2. The molecule has 2 N–H and O–H groups in total. The Morgan fingerprint density at radius 3 is 2.62 bits per heavy atom. The van der Waals surface area contributed by atoms with Crippen LogP contribution in [0.15, 0.2) is 36.5 Å². The van der Waals surface area contributed by atoms with E-state index in [0.29, 0.717) is 27.6 Å². The molecule has 3 aliphatic rings. The van der Waals surface area contributed by atoms with Gasteiger partial charge in [0.25, 0.3) is 5.91 Å². The number of aryl methyl sites for hydroxylation is 1. The summed E-state index contributed by atoms with van der Waals surface area (Å²) in [7, 11) is 1.21. The Kier molecular flexibility index (Phi) is 5.29. The number of pyridine rings is 1. The average molecular weight is 545 g/mol. The molecule has 40 heavy (non-hydrogen) atoms. The lowest BCUT2D eigenvalue weighted by atomic mass is 9.78. The summed E-state index contributed by atoms with van der Waals surface area (Å²) in [6, 6.07) is 7.92. The molecule has 5 heterocycles. The van der Waals surface area contributed by atoms with Gasteiger partial charge in [-0.25, -0.2) is 9.37 Å². The quantitative estimate of drug-likeness (QED) is 0.383. The molecule has 2 saturated heterocycles. The molecule has 2 fully saturated rings. The lowest BCUT2D eigenvalue weighted by Crippen LogP contribution is -2.47. The fourth-order valence-electron chi connectivity index (χ4n) is 5.73. The molecular weight excluding hydrogens is 516 g/mol. The number of anilines is 1. The van der Waals surface area contributed by atoms with Crippen molar-refractivity contribution in [3.8, 4) is 5.75 Å². The maximum atomic E-state index is 15.4. The predicted octanol–water partition coefficient (Wildman–Crippen LogP) is 3.07. The monoisotopic (exact) mass is 545 g/mol. The van der Waals surface area contributed by atoms with Gasteiger partial charge in [-0.2, -0.15) is 5.10 Å². The molecule has 0 aliphatic carbocycles. The molecule has 10 nitrogen and oxygen atoms in total. The Morgan fingerprint density at radius 2 is 1.88 bits per heavy atom. The third kappa shape index (κ3) is 3.56. The normalized spacial score (nSPS) is 22.9. The number of carbonyl (C=O) groups is 1. The van der Waals surface area contributed by atoms with E-state index in [1.807, 2.05) is 45.9 Å². The van der Waals surface area contributed by atoms with Gasteiger partial charge in [-0.05, 0) is 45.3 Å². The number of aromatic nitrogens is 3. The number of nitrogens with zero attached hydrogens (tertiary/aromatic N) is 4. The van der Waals surface area contributed by atoms with Gasteiger partial charge >= 0.3 is 7.12 Å². The number of fused-ring (bicyclic) bond motifs is 6. The van der Waals surface area contributed by atoms with Crippen molar-refractivity contribution in [2.75, 3.05) is 18.9 Å². The van der Waals surface area contributed by atoms with Gasteiger partial charge in [-0.3, -0.25) is 9.48 Å². The SMILES string of the molecule is Cn1ncc2c(N)nc3cc(F)c(C(=O)N4CCO[C@H]5Oc6cc(B7OC(C)(C)C(C)(C)O7)ccc6[C@H]54)cc3c21. The van der Waals surface area contributed by atoms with E-state index in [1.165, 1.54) is 12.1 Å². The predicted molar refractivity (Wildman–Crippen MR) is 147 cm³/mol. The summed E-state index contributed by atoms with van der Waals surface area (Å²) in [4.78, 5) is 19.9. The van der Waals surface area contributed by atoms with Crippen LogP contribution < -0.4 is 15.9 Å². The number of nitrogen functional groups attached to an aromatic ring is 1. The lowest BCUT2D eigenvalue weighted by Gasteiger charge is -2.36. The maximum Gasteiger partial charge on any atom is 0.494 e. The Hall–Kier alpha value is -3.74. The first-order valence-corrected chi connectivity index (χ1v) is 13.2. The molecule has 0 unspecified atom stereocenters. The van der Waals surface area contributed by atoms with Gasteiger partial charge in [0, 0.05) is 30.6 Å². The third-order valence-corrected chi connectivity index (χ3v) is 8.62. The van der Waals surface area contributed by atoms with Crippen molar-refractivity contribution >= 4 is 46.1 Å². The first-order valence-electron chi connectivity index (χ1n) is 13.2. The number of ether oxygens (including phenoxy) is 2. The number of hydrogen-bond donors (Lipinski definition) is 1. The van der Waals surface area contributed by atoms with Gasteiger partial charge in [0.15, 0.2) is 0 Å². The highest BCUT2D eigenvalue weighted by Crippen LogP contribution is 2.44. The molecule has 12 heteroatoms. The van der Waals surface area contributed by atoms with Crippen molar-refractivity contribution in [2.45, 2.75) is 51.2 Å². The minimum atomic E-state index is -0.713. The van der Waals surface area contributed by atoms with Crippen LogP contribution in [0.1, 0.15) is 49.7 Å². The van der Waals surface area contributed by atoms with E-state index in [1.54, 1.807) is 22.8 Å². The van der Waals surface area contributed by atoms with E-state index in [9.17, 15) is 4.79 Å². The Morgan fingerprint density at radius 1 is 1.12 bits per heavy atom. The second-order valence-corrected chi connectivity index (χ2v) is 11.6. The van der Waals surface area contributed by atoms with Crippen molar-refractivity contribution < 1.29 is 28.0 Å². The molecule has 2 aromatic carbocycles. The van der Waals surface area contributed by atoms with Crippen molar-refractivity contribution in [3.05, 3.63) is 53.5 Å². The molecule has 1 amide bonds. The number of nitrogens with two attached hydrogens (primary N) is 1. The van der Waals surface area contributed by atoms with Crippen LogP contribution >= 0.6 is 0 Å². The molecule has 0 spiro atoms. The molecule has 206 valence electrons. The van der Waals surface area contributed by atoms with Crippen LogP contribution in [-0.2, 0) is 21.1 Å². The summed E-state index contributed by atoms with van der Waals surface area (Å²) >= 11 is 0. The highest BCUT2D eigenvalue weighted by atomic mass is 19.1. The van der Waals surface area contributed by atoms with E-state index in [2.05, 4.69) is 10.1 Å². The number of hydrogen-bond acceptors (Lipinski definition) is 8. The summed E-state index contributed by atoms with van der Waals surface area (Å²) < 4.78 is 41.5. The topological polar surface area (TPSA) is 114 Å². The maximum absolute atomic E-state index is 15.4.